The van der Waals surface area contributed by atoms with E-state index in [0.717, 1.165) is 32.1 Å². The summed E-state index contributed by atoms with van der Waals surface area (Å²) in [6.07, 6.45) is 10.2. The minimum atomic E-state index is -0.910. The number of carbonyl (C=O) groups excluding carboxylic acids is 2. The van der Waals surface area contributed by atoms with Crippen LogP contribution in [-0.4, -0.2) is 28.9 Å². The Hall–Kier alpha value is -2.63. The lowest BCUT2D eigenvalue weighted by molar-refractivity contribution is -0.146. The molecule has 28 heavy (non-hydrogen) atoms. The van der Waals surface area contributed by atoms with E-state index in [0.29, 0.717) is 11.3 Å². The van der Waals surface area contributed by atoms with Crippen LogP contribution in [0.15, 0.2) is 36.4 Å². The van der Waals surface area contributed by atoms with Gasteiger partial charge in [-0.15, -0.1) is 0 Å². The van der Waals surface area contributed by atoms with E-state index in [4.69, 9.17) is 0 Å². The molecular formula is C22H26N2O4. The number of fused-ring (bicyclic) bond motifs is 2. The van der Waals surface area contributed by atoms with Gasteiger partial charge in [0, 0.05) is 17.3 Å². The number of carbonyl (C=O) groups is 3. The molecule has 6 nitrogen and oxygen atoms in total. The zero-order chi connectivity index (χ0) is 19.7. The Morgan fingerprint density at radius 2 is 1.54 bits per heavy atom. The van der Waals surface area contributed by atoms with Crippen molar-refractivity contribution < 1.29 is 19.5 Å². The molecule has 0 saturated heterocycles. The standard InChI is InChI=1S/C22H26N2O4/c25-20(23-16-4-2-1-3-5-16)13-8-10-17(11-9-13)24-21(26)18-14-6-7-15(12-14)19(18)22(27)28/h6-11,14-16,18-19H,1-5,12H2,(H,23,25)(H,24,26)(H,27,28)/t14-,15+,18+,19+/m0/s1. The summed E-state index contributed by atoms with van der Waals surface area (Å²) in [4.78, 5) is 36.7. The van der Waals surface area contributed by atoms with E-state index in [1.165, 1.54) is 6.42 Å². The van der Waals surface area contributed by atoms with Gasteiger partial charge in [0.1, 0.15) is 0 Å². The summed E-state index contributed by atoms with van der Waals surface area (Å²) in [5.41, 5.74) is 1.14. The quantitative estimate of drug-likeness (QED) is 0.682. The molecule has 3 aliphatic rings. The number of aliphatic carboxylic acids is 1. The summed E-state index contributed by atoms with van der Waals surface area (Å²) in [6, 6.07) is 7.05. The molecule has 4 rings (SSSR count). The topological polar surface area (TPSA) is 95.5 Å². The summed E-state index contributed by atoms with van der Waals surface area (Å²) >= 11 is 0. The minimum Gasteiger partial charge on any atom is -0.481 e. The first-order valence-electron chi connectivity index (χ1n) is 10.2. The van der Waals surface area contributed by atoms with Crippen molar-refractivity contribution in [3.63, 3.8) is 0 Å². The molecule has 0 aromatic heterocycles. The normalized spacial score (nSPS) is 28.9. The monoisotopic (exact) mass is 382 g/mol. The van der Waals surface area contributed by atoms with Gasteiger partial charge in [-0.1, -0.05) is 31.4 Å². The Labute approximate surface area is 164 Å². The molecule has 0 aliphatic heterocycles. The van der Waals surface area contributed by atoms with Crippen LogP contribution in [0.1, 0.15) is 48.9 Å². The first kappa shape index (κ1) is 18.7. The average Bonchev–Trinajstić information content (AvgIpc) is 3.31. The predicted molar refractivity (Wildman–Crippen MR) is 105 cm³/mol. The van der Waals surface area contributed by atoms with Crippen LogP contribution in [0, 0.1) is 23.7 Å². The number of anilines is 1. The van der Waals surface area contributed by atoms with Crippen molar-refractivity contribution in [2.24, 2.45) is 23.7 Å². The number of carboxylic acid groups (broad SMARTS) is 1. The Morgan fingerprint density at radius 3 is 2.18 bits per heavy atom. The molecule has 2 bridgehead atoms. The van der Waals surface area contributed by atoms with E-state index in [2.05, 4.69) is 10.6 Å². The van der Waals surface area contributed by atoms with Gasteiger partial charge in [-0.2, -0.15) is 0 Å². The molecule has 2 saturated carbocycles. The molecule has 0 heterocycles. The third-order valence-electron chi connectivity index (χ3n) is 6.40. The van der Waals surface area contributed by atoms with E-state index in [1.807, 2.05) is 12.2 Å². The number of benzene rings is 1. The number of hydrogen-bond donors (Lipinski definition) is 3. The van der Waals surface area contributed by atoms with Crippen LogP contribution in [0.2, 0.25) is 0 Å². The number of rotatable bonds is 5. The lowest BCUT2D eigenvalue weighted by Gasteiger charge is -2.24. The molecular weight excluding hydrogens is 356 g/mol. The number of amides is 2. The number of nitrogens with one attached hydrogen (secondary N) is 2. The van der Waals surface area contributed by atoms with Crippen molar-refractivity contribution in [1.29, 1.82) is 0 Å². The second-order valence-electron chi connectivity index (χ2n) is 8.21. The molecule has 3 N–H and O–H groups in total. The molecule has 148 valence electrons. The maximum absolute atomic E-state index is 12.7. The number of hydrogen-bond acceptors (Lipinski definition) is 3. The fraction of sp³-hybridized carbons (Fsp3) is 0.500. The first-order valence-corrected chi connectivity index (χ1v) is 10.2. The Balaban J connectivity index is 1.37. The largest absolute Gasteiger partial charge is 0.481 e. The molecule has 3 aliphatic carbocycles. The van der Waals surface area contributed by atoms with Crippen LogP contribution in [0.4, 0.5) is 5.69 Å². The van der Waals surface area contributed by atoms with E-state index in [1.54, 1.807) is 24.3 Å². The van der Waals surface area contributed by atoms with Crippen LogP contribution < -0.4 is 10.6 Å². The van der Waals surface area contributed by atoms with Crippen molar-refractivity contribution in [2.75, 3.05) is 5.32 Å². The summed E-state index contributed by atoms with van der Waals surface area (Å²) in [6.45, 7) is 0. The fourth-order valence-corrected chi connectivity index (χ4v) is 4.96. The van der Waals surface area contributed by atoms with Gasteiger partial charge in [-0.25, -0.2) is 0 Å². The lowest BCUT2D eigenvalue weighted by atomic mass is 9.82. The van der Waals surface area contributed by atoms with E-state index < -0.39 is 17.8 Å². The Kier molecular flexibility index (Phi) is 5.20. The van der Waals surface area contributed by atoms with Crippen molar-refractivity contribution in [3.8, 4) is 0 Å². The second-order valence-corrected chi connectivity index (χ2v) is 8.21. The van der Waals surface area contributed by atoms with Crippen LogP contribution >= 0.6 is 0 Å². The van der Waals surface area contributed by atoms with E-state index >= 15 is 0 Å². The zero-order valence-corrected chi connectivity index (χ0v) is 15.8. The zero-order valence-electron chi connectivity index (χ0n) is 15.8. The third kappa shape index (κ3) is 3.68. The number of allylic oxidation sites excluding steroid dienone is 2. The maximum Gasteiger partial charge on any atom is 0.307 e. The molecule has 6 heteroatoms. The first-order chi connectivity index (χ1) is 13.5. The summed E-state index contributed by atoms with van der Waals surface area (Å²) in [5.74, 6) is -2.52. The Bertz CT molecular complexity index is 795. The van der Waals surface area contributed by atoms with Gasteiger partial charge in [0.15, 0.2) is 0 Å². The van der Waals surface area contributed by atoms with E-state index in [9.17, 15) is 19.5 Å². The second kappa shape index (κ2) is 7.78. The van der Waals surface area contributed by atoms with Crippen LogP contribution in [0.25, 0.3) is 0 Å². The van der Waals surface area contributed by atoms with Gasteiger partial charge < -0.3 is 15.7 Å². The highest BCUT2D eigenvalue weighted by atomic mass is 16.4. The van der Waals surface area contributed by atoms with Crippen molar-refractivity contribution >= 4 is 23.5 Å². The lowest BCUT2D eigenvalue weighted by Crippen LogP contribution is -2.36. The third-order valence-corrected chi connectivity index (χ3v) is 6.40. The maximum atomic E-state index is 12.7. The van der Waals surface area contributed by atoms with Gasteiger partial charge in [0.05, 0.1) is 11.8 Å². The smallest absolute Gasteiger partial charge is 0.307 e. The molecule has 4 atom stereocenters. The highest BCUT2D eigenvalue weighted by Gasteiger charge is 2.51. The molecule has 2 fully saturated rings. The van der Waals surface area contributed by atoms with Crippen molar-refractivity contribution in [3.05, 3.63) is 42.0 Å². The Morgan fingerprint density at radius 1 is 0.893 bits per heavy atom. The molecule has 1 aromatic rings. The number of carboxylic acids is 1. The predicted octanol–water partition coefficient (Wildman–Crippen LogP) is 3.21. The summed E-state index contributed by atoms with van der Waals surface area (Å²) < 4.78 is 0. The van der Waals surface area contributed by atoms with Crippen LogP contribution in [0.5, 0.6) is 0 Å². The molecule has 2 amide bonds. The molecule has 1 aromatic carbocycles. The van der Waals surface area contributed by atoms with E-state index in [-0.39, 0.29) is 29.7 Å². The van der Waals surface area contributed by atoms with Crippen LogP contribution in [0.3, 0.4) is 0 Å². The van der Waals surface area contributed by atoms with Crippen LogP contribution in [-0.2, 0) is 9.59 Å². The fourth-order valence-electron chi connectivity index (χ4n) is 4.96. The highest BCUT2D eigenvalue weighted by Crippen LogP contribution is 2.48. The molecule has 0 radical (unpaired) electrons. The van der Waals surface area contributed by atoms with Gasteiger partial charge in [0.25, 0.3) is 5.91 Å². The SMILES string of the molecule is O=C(NC1CCCCC1)c1ccc(NC(=O)[C@H]2[C@H](C(=O)O)[C@@H]3C=C[C@H]2C3)cc1. The summed E-state index contributed by atoms with van der Waals surface area (Å²) in [7, 11) is 0. The van der Waals surface area contributed by atoms with Gasteiger partial charge >= 0.3 is 5.97 Å². The molecule has 0 spiro atoms. The van der Waals surface area contributed by atoms with Crippen molar-refractivity contribution in [1.82, 2.24) is 5.32 Å². The van der Waals surface area contributed by atoms with Crippen molar-refractivity contribution in [2.45, 2.75) is 44.6 Å². The summed E-state index contributed by atoms with van der Waals surface area (Å²) in [5, 5.41) is 15.4. The minimum absolute atomic E-state index is 0.00774. The van der Waals surface area contributed by atoms with Gasteiger partial charge in [-0.05, 0) is 55.4 Å². The average molecular weight is 382 g/mol. The van der Waals surface area contributed by atoms with Gasteiger partial charge in [-0.3, -0.25) is 14.4 Å². The molecule has 0 unspecified atom stereocenters. The highest BCUT2D eigenvalue weighted by molar-refractivity contribution is 5.98. The van der Waals surface area contributed by atoms with Gasteiger partial charge in [0.2, 0.25) is 5.91 Å².